The van der Waals surface area contributed by atoms with Gasteiger partial charge in [-0.25, -0.2) is 9.97 Å². The Bertz CT molecular complexity index is 1450. The van der Waals surface area contributed by atoms with Crippen LogP contribution in [0.15, 0.2) is 82.8 Å². The molecule has 170 valence electrons. The van der Waals surface area contributed by atoms with Crippen molar-refractivity contribution in [2.75, 3.05) is 18.1 Å². The molecular formula is C26H21N3O5. The first-order valence-corrected chi connectivity index (χ1v) is 10.8. The van der Waals surface area contributed by atoms with E-state index in [0.29, 0.717) is 41.2 Å². The van der Waals surface area contributed by atoms with E-state index < -0.39 is 11.9 Å². The van der Waals surface area contributed by atoms with Crippen LogP contribution in [0.5, 0.6) is 11.5 Å². The van der Waals surface area contributed by atoms with E-state index in [0.717, 1.165) is 0 Å². The van der Waals surface area contributed by atoms with Crippen LogP contribution in [0.2, 0.25) is 0 Å². The number of carbonyl (C=O) groups excluding carboxylic acids is 1. The first kappa shape index (κ1) is 21.4. The second-order valence-corrected chi connectivity index (χ2v) is 7.54. The summed E-state index contributed by atoms with van der Waals surface area (Å²) in [6.45, 7) is 6.26. The fourth-order valence-corrected chi connectivity index (χ4v) is 4.09. The van der Waals surface area contributed by atoms with E-state index in [9.17, 15) is 9.59 Å². The molecule has 3 heterocycles. The van der Waals surface area contributed by atoms with Crippen molar-refractivity contribution in [3.8, 4) is 11.5 Å². The molecule has 5 rings (SSSR count). The molecule has 0 saturated heterocycles. The average molecular weight is 455 g/mol. The molecule has 0 aliphatic carbocycles. The van der Waals surface area contributed by atoms with Gasteiger partial charge in [-0.15, -0.1) is 0 Å². The third kappa shape index (κ3) is 3.49. The van der Waals surface area contributed by atoms with Gasteiger partial charge in [0.05, 0.1) is 23.6 Å². The van der Waals surface area contributed by atoms with Crippen molar-refractivity contribution in [2.24, 2.45) is 0 Å². The number of nitrogens with zero attached hydrogens (tertiary/aromatic N) is 3. The minimum absolute atomic E-state index is 0.0221. The summed E-state index contributed by atoms with van der Waals surface area (Å²) in [7, 11) is 0. The van der Waals surface area contributed by atoms with Crippen LogP contribution >= 0.6 is 0 Å². The molecule has 1 unspecified atom stereocenters. The van der Waals surface area contributed by atoms with Gasteiger partial charge >= 0.3 is 0 Å². The number of carbonyl (C=O) groups is 1. The molecule has 8 heteroatoms. The summed E-state index contributed by atoms with van der Waals surface area (Å²) in [6, 6.07) is 13.0. The smallest absolute Gasteiger partial charge is 0.297 e. The predicted molar refractivity (Wildman–Crippen MR) is 126 cm³/mol. The van der Waals surface area contributed by atoms with E-state index in [1.165, 1.54) is 4.90 Å². The Hall–Kier alpha value is -4.46. The van der Waals surface area contributed by atoms with Crippen LogP contribution in [0, 0.1) is 0 Å². The third-order valence-corrected chi connectivity index (χ3v) is 5.49. The Morgan fingerprint density at radius 2 is 1.85 bits per heavy atom. The van der Waals surface area contributed by atoms with E-state index in [1.54, 1.807) is 67.0 Å². The first-order valence-electron chi connectivity index (χ1n) is 10.8. The van der Waals surface area contributed by atoms with Gasteiger partial charge in [-0.05, 0) is 42.8 Å². The first-order chi connectivity index (χ1) is 16.6. The topological polar surface area (TPSA) is 94.8 Å². The molecule has 0 spiro atoms. The molecule has 1 aliphatic heterocycles. The summed E-state index contributed by atoms with van der Waals surface area (Å²) in [5, 5.41) is 0.394. The van der Waals surface area contributed by atoms with Crippen molar-refractivity contribution in [2.45, 2.75) is 13.0 Å². The lowest BCUT2D eigenvalue weighted by atomic mass is 9.98. The molecule has 1 amide bonds. The number of fused-ring (bicyclic) bond motifs is 2. The van der Waals surface area contributed by atoms with Crippen molar-refractivity contribution in [1.29, 1.82) is 0 Å². The van der Waals surface area contributed by atoms with Crippen LogP contribution in [-0.2, 0) is 0 Å². The molecule has 8 nitrogen and oxygen atoms in total. The van der Waals surface area contributed by atoms with E-state index >= 15 is 0 Å². The lowest BCUT2D eigenvalue weighted by Gasteiger charge is -2.24. The van der Waals surface area contributed by atoms with Crippen LogP contribution in [-0.4, -0.2) is 29.1 Å². The lowest BCUT2D eigenvalue weighted by Crippen LogP contribution is -2.31. The summed E-state index contributed by atoms with van der Waals surface area (Å²) in [5.41, 5.74) is 0.936. The Balaban J connectivity index is 1.74. The summed E-state index contributed by atoms with van der Waals surface area (Å²) in [5.74, 6) is 0.673. The molecule has 0 radical (unpaired) electrons. The highest BCUT2D eigenvalue weighted by molar-refractivity contribution is 6.09. The molecule has 0 bridgehead atoms. The minimum Gasteiger partial charge on any atom is -0.490 e. The van der Waals surface area contributed by atoms with E-state index in [2.05, 4.69) is 16.5 Å². The molecular weight excluding hydrogens is 434 g/mol. The Morgan fingerprint density at radius 3 is 2.62 bits per heavy atom. The second-order valence-electron chi connectivity index (χ2n) is 7.54. The predicted octanol–water partition coefficient (Wildman–Crippen LogP) is 4.30. The summed E-state index contributed by atoms with van der Waals surface area (Å²) < 4.78 is 17.4. The van der Waals surface area contributed by atoms with Crippen LogP contribution in [0.4, 0.5) is 5.95 Å². The van der Waals surface area contributed by atoms with Gasteiger partial charge in [-0.3, -0.25) is 14.5 Å². The third-order valence-electron chi connectivity index (χ3n) is 5.49. The van der Waals surface area contributed by atoms with Gasteiger partial charge in [0.15, 0.2) is 16.9 Å². The maximum Gasteiger partial charge on any atom is 0.297 e. The SMILES string of the molecule is C=CCOc1ccc(C2c3c(oc4ccccc4c3=O)C(=O)N2c2ncccn2)cc1OCC. The molecule has 0 fully saturated rings. The van der Waals surface area contributed by atoms with Gasteiger partial charge in [0.25, 0.3) is 5.91 Å². The number of anilines is 1. The number of aromatic nitrogens is 2. The average Bonchev–Trinajstić information content (AvgIpc) is 3.16. The summed E-state index contributed by atoms with van der Waals surface area (Å²) in [6.07, 6.45) is 4.72. The summed E-state index contributed by atoms with van der Waals surface area (Å²) >= 11 is 0. The Morgan fingerprint density at radius 1 is 1.06 bits per heavy atom. The monoisotopic (exact) mass is 455 g/mol. The van der Waals surface area contributed by atoms with Gasteiger partial charge in [0, 0.05) is 12.4 Å². The number of hydrogen-bond acceptors (Lipinski definition) is 7. The molecule has 4 aromatic rings. The van der Waals surface area contributed by atoms with Crippen molar-refractivity contribution in [3.63, 3.8) is 0 Å². The van der Waals surface area contributed by atoms with Crippen molar-refractivity contribution < 1.29 is 18.7 Å². The normalized spacial score (nSPS) is 14.8. The number of rotatable bonds is 7. The van der Waals surface area contributed by atoms with E-state index in [4.69, 9.17) is 13.9 Å². The highest BCUT2D eigenvalue weighted by atomic mass is 16.5. The van der Waals surface area contributed by atoms with Crippen molar-refractivity contribution in [1.82, 2.24) is 9.97 Å². The maximum absolute atomic E-state index is 13.6. The maximum atomic E-state index is 13.6. The molecule has 1 aliphatic rings. The van der Waals surface area contributed by atoms with E-state index in [1.807, 2.05) is 6.92 Å². The highest BCUT2D eigenvalue weighted by Crippen LogP contribution is 2.42. The number of benzene rings is 2. The fraction of sp³-hybridized carbons (Fsp3) is 0.154. The van der Waals surface area contributed by atoms with Crippen LogP contribution in [0.1, 0.15) is 34.6 Å². The largest absolute Gasteiger partial charge is 0.490 e. The molecule has 34 heavy (non-hydrogen) atoms. The van der Waals surface area contributed by atoms with Crippen molar-refractivity contribution >= 4 is 22.8 Å². The molecule has 1 atom stereocenters. The second kappa shape index (κ2) is 8.82. The van der Waals surface area contributed by atoms with Gasteiger partial charge in [-0.1, -0.05) is 30.9 Å². The van der Waals surface area contributed by atoms with Gasteiger partial charge in [0.2, 0.25) is 11.7 Å². The molecule has 2 aromatic carbocycles. The molecule has 0 saturated carbocycles. The minimum atomic E-state index is -0.807. The molecule has 2 aromatic heterocycles. The van der Waals surface area contributed by atoms with E-state index in [-0.39, 0.29) is 22.7 Å². The van der Waals surface area contributed by atoms with Crippen LogP contribution < -0.4 is 19.8 Å². The number of amides is 1. The zero-order chi connectivity index (χ0) is 23.7. The van der Waals surface area contributed by atoms with Gasteiger partial charge in [0.1, 0.15) is 12.2 Å². The standard InChI is InChI=1S/C26H21N3O5/c1-3-14-33-19-11-10-16(15-20(19)32-4-2)22-21-23(30)17-8-5-6-9-18(17)34-24(21)25(31)29(22)26-27-12-7-13-28-26/h3,5-13,15,22H,1,4,14H2,2H3. The van der Waals surface area contributed by atoms with Crippen molar-refractivity contribution in [3.05, 3.63) is 101 Å². The molecule has 0 N–H and O–H groups in total. The highest BCUT2D eigenvalue weighted by Gasteiger charge is 2.45. The zero-order valence-corrected chi connectivity index (χ0v) is 18.4. The fourth-order valence-electron chi connectivity index (χ4n) is 4.09. The van der Waals surface area contributed by atoms with Crippen LogP contribution in [0.3, 0.4) is 0 Å². The number of hydrogen-bond donors (Lipinski definition) is 0. The number of ether oxygens (including phenoxy) is 2. The zero-order valence-electron chi connectivity index (χ0n) is 18.4. The van der Waals surface area contributed by atoms with Gasteiger partial charge in [-0.2, -0.15) is 0 Å². The van der Waals surface area contributed by atoms with Gasteiger partial charge < -0.3 is 13.9 Å². The Labute approximate surface area is 195 Å². The quantitative estimate of drug-likeness (QED) is 0.384. The van der Waals surface area contributed by atoms with Crippen LogP contribution in [0.25, 0.3) is 11.0 Å². The number of para-hydroxylation sites is 1. The summed E-state index contributed by atoms with van der Waals surface area (Å²) in [4.78, 5) is 37.1. The Kier molecular flexibility index (Phi) is 5.55. The lowest BCUT2D eigenvalue weighted by molar-refractivity contribution is 0.0969.